The molecule has 0 bridgehead atoms. The first-order valence-corrected chi connectivity index (χ1v) is 7.32. The van der Waals surface area contributed by atoms with Gasteiger partial charge in [-0.25, -0.2) is 0 Å². The molecule has 0 radical (unpaired) electrons. The predicted octanol–water partition coefficient (Wildman–Crippen LogP) is 3.16. The molecule has 0 aliphatic carbocycles. The van der Waals surface area contributed by atoms with Gasteiger partial charge in [-0.3, -0.25) is 4.79 Å². The molecule has 3 nitrogen and oxygen atoms in total. The van der Waals surface area contributed by atoms with Crippen LogP contribution in [0.5, 0.6) is 0 Å². The Morgan fingerprint density at radius 3 is 2.81 bits per heavy atom. The minimum atomic E-state index is -0.307. The minimum absolute atomic E-state index is 0.0839. The third-order valence-electron chi connectivity index (χ3n) is 1.99. The third kappa shape index (κ3) is 4.53. The number of carbonyl (C=O) groups excluding carboxylic acids is 1. The molecule has 0 saturated heterocycles. The Bertz CT molecular complexity index is 366. The molecule has 1 aromatic heterocycles. The number of aliphatic hydroxyl groups is 1. The van der Waals surface area contributed by atoms with E-state index in [-0.39, 0.29) is 12.0 Å². The van der Waals surface area contributed by atoms with Crippen molar-refractivity contribution in [2.45, 2.75) is 25.9 Å². The average molecular weight is 371 g/mol. The molecule has 1 aromatic rings. The van der Waals surface area contributed by atoms with E-state index >= 15 is 0 Å². The number of carbonyl (C=O) groups is 1. The normalized spacial score (nSPS) is 12.5. The Kier molecular flexibility index (Phi) is 5.96. The molecule has 16 heavy (non-hydrogen) atoms. The number of aliphatic hydroxyl groups excluding tert-OH is 1. The van der Waals surface area contributed by atoms with Gasteiger partial charge in [0.1, 0.15) is 0 Å². The van der Waals surface area contributed by atoms with Crippen LogP contribution >= 0.6 is 43.2 Å². The van der Waals surface area contributed by atoms with Crippen LogP contribution in [0.2, 0.25) is 0 Å². The molecule has 1 rings (SSSR count). The lowest BCUT2D eigenvalue weighted by Crippen LogP contribution is -2.24. The Hall–Kier alpha value is 0.0900. The first-order chi connectivity index (χ1) is 7.50. The second-order valence-corrected chi connectivity index (χ2v) is 7.23. The van der Waals surface area contributed by atoms with Crippen LogP contribution in [0.4, 0.5) is 0 Å². The molecule has 1 atom stereocenters. The van der Waals surface area contributed by atoms with Crippen molar-refractivity contribution in [3.63, 3.8) is 0 Å². The van der Waals surface area contributed by atoms with Crippen LogP contribution in [0.3, 0.4) is 0 Å². The zero-order valence-corrected chi connectivity index (χ0v) is 12.8. The first-order valence-electron chi connectivity index (χ1n) is 4.92. The maximum absolute atomic E-state index is 11.7. The molecule has 90 valence electrons. The van der Waals surface area contributed by atoms with Gasteiger partial charge in [-0.15, -0.1) is 11.3 Å². The number of thiophene rings is 1. The summed E-state index contributed by atoms with van der Waals surface area (Å²) < 4.78 is 1.75. The van der Waals surface area contributed by atoms with E-state index in [0.717, 1.165) is 14.0 Å². The Morgan fingerprint density at radius 2 is 2.31 bits per heavy atom. The Morgan fingerprint density at radius 1 is 1.62 bits per heavy atom. The molecule has 1 heterocycles. The molecule has 1 amide bonds. The highest BCUT2D eigenvalue weighted by atomic mass is 79.9. The molecule has 0 spiro atoms. The highest BCUT2D eigenvalue weighted by Crippen LogP contribution is 2.31. The summed E-state index contributed by atoms with van der Waals surface area (Å²) in [6, 6.07) is 1.79. The average Bonchev–Trinajstić information content (AvgIpc) is 2.52. The summed E-state index contributed by atoms with van der Waals surface area (Å²) in [6.45, 7) is 2.33. The molecule has 0 saturated carbocycles. The summed E-state index contributed by atoms with van der Waals surface area (Å²) in [5.74, 6) is -0.0839. The second-order valence-electron chi connectivity index (χ2n) is 3.49. The zero-order chi connectivity index (χ0) is 12.1. The Balaban J connectivity index is 2.38. The fourth-order valence-electron chi connectivity index (χ4n) is 1.19. The predicted molar refractivity (Wildman–Crippen MR) is 73.0 cm³/mol. The Labute approximate surface area is 116 Å². The van der Waals surface area contributed by atoms with E-state index in [0.29, 0.717) is 18.5 Å². The smallest absolute Gasteiger partial charge is 0.253 e. The van der Waals surface area contributed by atoms with Crippen LogP contribution in [0.1, 0.15) is 30.1 Å². The number of hydrogen-bond donors (Lipinski definition) is 2. The molecule has 6 heteroatoms. The number of halogens is 2. The molecule has 1 unspecified atom stereocenters. The van der Waals surface area contributed by atoms with E-state index in [2.05, 4.69) is 37.2 Å². The quantitative estimate of drug-likeness (QED) is 0.782. The number of hydrogen-bond acceptors (Lipinski definition) is 3. The van der Waals surface area contributed by atoms with E-state index in [9.17, 15) is 4.79 Å². The van der Waals surface area contributed by atoms with Crippen LogP contribution in [-0.2, 0) is 0 Å². The molecule has 0 fully saturated rings. The van der Waals surface area contributed by atoms with Crippen LogP contribution in [0.15, 0.2) is 13.6 Å². The van der Waals surface area contributed by atoms with Crippen molar-refractivity contribution in [3.8, 4) is 0 Å². The lowest BCUT2D eigenvalue weighted by atomic mass is 10.2. The lowest BCUT2D eigenvalue weighted by Gasteiger charge is -2.05. The van der Waals surface area contributed by atoms with Gasteiger partial charge >= 0.3 is 0 Å². The summed E-state index contributed by atoms with van der Waals surface area (Å²) in [5, 5.41) is 11.9. The van der Waals surface area contributed by atoms with Crippen molar-refractivity contribution < 1.29 is 9.90 Å². The molecular formula is C10H13Br2NO2S. The highest BCUT2D eigenvalue weighted by molar-refractivity contribution is 9.12. The fraction of sp³-hybridized carbons (Fsp3) is 0.500. The lowest BCUT2D eigenvalue weighted by molar-refractivity contribution is 0.0949. The minimum Gasteiger partial charge on any atom is -0.393 e. The van der Waals surface area contributed by atoms with Crippen molar-refractivity contribution in [1.29, 1.82) is 0 Å². The first kappa shape index (κ1) is 14.2. The monoisotopic (exact) mass is 369 g/mol. The second kappa shape index (κ2) is 6.74. The molecule has 0 aliphatic rings. The summed E-state index contributed by atoms with van der Waals surface area (Å²) in [4.78, 5) is 11.7. The van der Waals surface area contributed by atoms with Crippen molar-refractivity contribution in [2.75, 3.05) is 6.54 Å². The van der Waals surface area contributed by atoms with E-state index < -0.39 is 0 Å². The highest BCUT2D eigenvalue weighted by Gasteiger charge is 2.12. The van der Waals surface area contributed by atoms with Gasteiger partial charge in [0.05, 0.1) is 19.2 Å². The van der Waals surface area contributed by atoms with E-state index in [4.69, 9.17) is 5.11 Å². The SMILES string of the molecule is CC(O)CCCNC(=O)c1cc(Br)sc1Br. The third-order valence-corrected chi connectivity index (χ3v) is 4.32. The standard InChI is InChI=1S/C10H13Br2NO2S/c1-6(14)3-2-4-13-10(15)7-5-8(11)16-9(7)12/h5-6,14H,2-4H2,1H3,(H,13,15). The number of nitrogens with one attached hydrogen (secondary N) is 1. The van der Waals surface area contributed by atoms with Crippen LogP contribution < -0.4 is 5.32 Å². The summed E-state index contributed by atoms with van der Waals surface area (Å²) in [6.07, 6.45) is 1.18. The summed E-state index contributed by atoms with van der Waals surface area (Å²) in [7, 11) is 0. The van der Waals surface area contributed by atoms with Gasteiger partial charge in [-0.1, -0.05) is 0 Å². The van der Waals surface area contributed by atoms with Crippen LogP contribution in [-0.4, -0.2) is 23.7 Å². The van der Waals surface area contributed by atoms with E-state index in [1.54, 1.807) is 13.0 Å². The van der Waals surface area contributed by atoms with Gasteiger partial charge < -0.3 is 10.4 Å². The summed E-state index contributed by atoms with van der Waals surface area (Å²) in [5.41, 5.74) is 0.647. The van der Waals surface area contributed by atoms with Gasteiger partial charge in [0.15, 0.2) is 0 Å². The van der Waals surface area contributed by atoms with Crippen LogP contribution in [0, 0.1) is 0 Å². The van der Waals surface area contributed by atoms with Gasteiger partial charge in [0, 0.05) is 6.54 Å². The van der Waals surface area contributed by atoms with Gasteiger partial charge in [-0.2, -0.15) is 0 Å². The maximum atomic E-state index is 11.7. The van der Waals surface area contributed by atoms with Gasteiger partial charge in [-0.05, 0) is 57.7 Å². The molecular weight excluding hydrogens is 358 g/mol. The number of amides is 1. The van der Waals surface area contributed by atoms with Crippen molar-refractivity contribution in [1.82, 2.24) is 5.32 Å². The fourth-order valence-corrected chi connectivity index (χ4v) is 3.98. The molecule has 0 aliphatic heterocycles. The van der Waals surface area contributed by atoms with Crippen molar-refractivity contribution >= 4 is 49.1 Å². The van der Waals surface area contributed by atoms with Crippen LogP contribution in [0.25, 0.3) is 0 Å². The van der Waals surface area contributed by atoms with Gasteiger partial charge in [0.2, 0.25) is 0 Å². The van der Waals surface area contributed by atoms with Crippen molar-refractivity contribution in [3.05, 3.63) is 19.2 Å². The maximum Gasteiger partial charge on any atom is 0.253 e. The zero-order valence-electron chi connectivity index (χ0n) is 8.80. The van der Waals surface area contributed by atoms with Gasteiger partial charge in [0.25, 0.3) is 5.91 Å². The molecule has 2 N–H and O–H groups in total. The largest absolute Gasteiger partial charge is 0.393 e. The summed E-state index contributed by atoms with van der Waals surface area (Å²) >= 11 is 8.14. The van der Waals surface area contributed by atoms with Crippen molar-refractivity contribution in [2.24, 2.45) is 0 Å². The van der Waals surface area contributed by atoms with E-state index in [1.807, 2.05) is 0 Å². The topological polar surface area (TPSA) is 49.3 Å². The molecule has 0 aromatic carbocycles. The van der Waals surface area contributed by atoms with E-state index in [1.165, 1.54) is 11.3 Å². The number of rotatable bonds is 5.